The highest BCUT2D eigenvalue weighted by Crippen LogP contribution is 2.32. The van der Waals surface area contributed by atoms with Crippen molar-refractivity contribution in [3.63, 3.8) is 0 Å². The number of aromatic nitrogens is 3. The summed E-state index contributed by atoms with van der Waals surface area (Å²) in [6.07, 6.45) is 5.53. The summed E-state index contributed by atoms with van der Waals surface area (Å²) in [6.45, 7) is 1.41. The maximum atomic E-state index is 12.8. The van der Waals surface area contributed by atoms with E-state index in [0.717, 1.165) is 47.5 Å². The fraction of sp³-hybridized carbons (Fsp3) is 0.259. The number of hydrogen-bond acceptors (Lipinski definition) is 8. The van der Waals surface area contributed by atoms with Gasteiger partial charge in [0.15, 0.2) is 9.84 Å². The van der Waals surface area contributed by atoms with Crippen LogP contribution in [-0.2, 0) is 34.1 Å². The van der Waals surface area contributed by atoms with Crippen LogP contribution in [0, 0.1) is 0 Å². The van der Waals surface area contributed by atoms with E-state index in [2.05, 4.69) is 26.3 Å². The van der Waals surface area contributed by atoms with E-state index in [4.69, 9.17) is 9.72 Å². The number of nitrogens with one attached hydrogen (secondary N) is 1. The largest absolute Gasteiger partial charge is 0.376 e. The topological polar surface area (TPSA) is 114 Å². The van der Waals surface area contributed by atoms with Gasteiger partial charge in [-0.3, -0.25) is 14.8 Å². The molecule has 0 atom stereocenters. The Hall–Kier alpha value is -3.89. The molecule has 0 saturated carbocycles. The fourth-order valence-corrected chi connectivity index (χ4v) is 6.15. The van der Waals surface area contributed by atoms with Crippen LogP contribution >= 0.6 is 0 Å². The van der Waals surface area contributed by atoms with E-state index in [1.54, 1.807) is 18.3 Å². The molecule has 0 saturated heterocycles. The van der Waals surface area contributed by atoms with Gasteiger partial charge in [0.1, 0.15) is 5.82 Å². The predicted octanol–water partition coefficient (Wildman–Crippen LogP) is 3.34. The molecule has 6 rings (SSSR count). The number of aryl methyl sites for hydroxylation is 1. The van der Waals surface area contributed by atoms with Crippen LogP contribution in [0.2, 0.25) is 0 Å². The molecule has 1 aromatic carbocycles. The van der Waals surface area contributed by atoms with E-state index in [1.165, 1.54) is 6.07 Å². The third-order valence-electron chi connectivity index (χ3n) is 6.69. The highest BCUT2D eigenvalue weighted by Gasteiger charge is 2.24. The van der Waals surface area contributed by atoms with Crippen molar-refractivity contribution in [1.29, 1.82) is 0 Å². The van der Waals surface area contributed by atoms with Crippen LogP contribution in [0.5, 0.6) is 0 Å². The van der Waals surface area contributed by atoms with Gasteiger partial charge >= 0.3 is 0 Å². The van der Waals surface area contributed by atoms with Crippen LogP contribution < -0.4 is 10.2 Å². The lowest BCUT2D eigenvalue weighted by Crippen LogP contribution is -2.26. The Balaban J connectivity index is 1.22. The summed E-state index contributed by atoms with van der Waals surface area (Å²) in [5.41, 5.74) is 4.44. The minimum absolute atomic E-state index is 0.0966. The molecule has 1 amide bonds. The third-order valence-corrected chi connectivity index (χ3v) is 8.45. The molecule has 0 unspecified atom stereocenters. The van der Waals surface area contributed by atoms with Crippen molar-refractivity contribution in [1.82, 2.24) is 20.3 Å². The summed E-state index contributed by atoms with van der Waals surface area (Å²) in [7, 11) is -3.49. The smallest absolute Gasteiger partial charge is 0.251 e. The van der Waals surface area contributed by atoms with E-state index in [1.807, 2.05) is 30.5 Å². The zero-order chi connectivity index (χ0) is 25.4. The summed E-state index contributed by atoms with van der Waals surface area (Å²) in [5.74, 6) is 0.377. The predicted molar refractivity (Wildman–Crippen MR) is 138 cm³/mol. The zero-order valence-corrected chi connectivity index (χ0v) is 20.9. The van der Waals surface area contributed by atoms with Crippen molar-refractivity contribution in [2.24, 2.45) is 0 Å². The van der Waals surface area contributed by atoms with Gasteiger partial charge in [-0.2, -0.15) is 0 Å². The summed E-state index contributed by atoms with van der Waals surface area (Å²) >= 11 is 0. The molecule has 9 nitrogen and oxygen atoms in total. The molecule has 1 N–H and O–H groups in total. The summed E-state index contributed by atoms with van der Waals surface area (Å²) in [4.78, 5) is 29.1. The molecule has 10 heteroatoms. The number of benzene rings is 1. The number of sulfone groups is 1. The lowest BCUT2D eigenvalue weighted by Gasteiger charge is -2.29. The number of carbonyl (C=O) groups excluding carboxylic acids is 1. The molecule has 4 aromatic rings. The van der Waals surface area contributed by atoms with Gasteiger partial charge in [-0.25, -0.2) is 13.4 Å². The van der Waals surface area contributed by atoms with E-state index in [0.29, 0.717) is 11.3 Å². The lowest BCUT2D eigenvalue weighted by atomic mass is 10.1. The van der Waals surface area contributed by atoms with Crippen LogP contribution in [0.4, 0.5) is 11.5 Å². The number of fused-ring (bicyclic) bond motifs is 3. The first-order valence-electron chi connectivity index (χ1n) is 12.2. The van der Waals surface area contributed by atoms with Gasteiger partial charge in [-0.05, 0) is 60.9 Å². The first kappa shape index (κ1) is 23.5. The molecular formula is C27H25N5O4S. The highest BCUT2D eigenvalue weighted by atomic mass is 32.2. The van der Waals surface area contributed by atoms with Gasteiger partial charge in [0, 0.05) is 29.9 Å². The van der Waals surface area contributed by atoms with E-state index in [9.17, 15) is 13.2 Å². The highest BCUT2D eigenvalue weighted by molar-refractivity contribution is 7.91. The molecule has 0 aliphatic carbocycles. The second kappa shape index (κ2) is 9.53. The number of hydrogen-bond donors (Lipinski definition) is 1. The molecule has 0 bridgehead atoms. The first-order chi connectivity index (χ1) is 18.0. The Morgan fingerprint density at radius 1 is 1.11 bits per heavy atom. The van der Waals surface area contributed by atoms with Crippen molar-refractivity contribution in [2.45, 2.75) is 30.9 Å². The number of rotatable bonds is 4. The van der Waals surface area contributed by atoms with Gasteiger partial charge < -0.3 is 15.0 Å². The molecule has 0 radical (unpaired) electrons. The van der Waals surface area contributed by atoms with Crippen molar-refractivity contribution in [3.8, 4) is 0 Å². The van der Waals surface area contributed by atoms with Gasteiger partial charge in [0.25, 0.3) is 5.91 Å². The van der Waals surface area contributed by atoms with E-state index in [-0.39, 0.29) is 41.9 Å². The van der Waals surface area contributed by atoms with Gasteiger partial charge in [0.2, 0.25) is 0 Å². The molecule has 188 valence electrons. The van der Waals surface area contributed by atoms with Gasteiger partial charge in [-0.15, -0.1) is 0 Å². The summed E-state index contributed by atoms with van der Waals surface area (Å²) in [6, 6.07) is 14.6. The fourth-order valence-electron chi connectivity index (χ4n) is 4.76. The number of amides is 1. The Morgan fingerprint density at radius 3 is 2.95 bits per heavy atom. The monoisotopic (exact) mass is 515 g/mol. The first-order valence-corrected chi connectivity index (χ1v) is 13.8. The number of nitrogens with zero attached hydrogens (tertiary/aromatic N) is 4. The average Bonchev–Trinajstić information content (AvgIpc) is 3.08. The minimum Gasteiger partial charge on any atom is -0.376 e. The van der Waals surface area contributed by atoms with Crippen molar-refractivity contribution in [3.05, 3.63) is 83.4 Å². The van der Waals surface area contributed by atoms with Crippen LogP contribution in [0.3, 0.4) is 0 Å². The Morgan fingerprint density at radius 2 is 2.03 bits per heavy atom. The standard InChI is InChI=1S/C27H25N5O4S/c33-27(18-5-6-20-17-36-11-12-37(34,35)25(20)13-18)30-16-21-14-23-19(15-29-21)7-8-26(31-23)32-10-2-3-22-24(32)4-1-9-28-22/h1,4-9,13-15H,2-3,10-12,16-17H2,(H,30,33). The van der Waals surface area contributed by atoms with Gasteiger partial charge in [-0.1, -0.05) is 6.07 Å². The van der Waals surface area contributed by atoms with Crippen molar-refractivity contribution in [2.75, 3.05) is 23.8 Å². The maximum Gasteiger partial charge on any atom is 0.251 e. The lowest BCUT2D eigenvalue weighted by molar-refractivity contribution is 0.0950. The van der Waals surface area contributed by atoms with Crippen LogP contribution in [0.25, 0.3) is 10.9 Å². The second-order valence-electron chi connectivity index (χ2n) is 9.14. The van der Waals surface area contributed by atoms with Crippen LogP contribution in [0.15, 0.2) is 65.8 Å². The molecule has 3 aromatic heterocycles. The van der Waals surface area contributed by atoms with Gasteiger partial charge in [0.05, 0.1) is 53.0 Å². The van der Waals surface area contributed by atoms with E-state index < -0.39 is 9.84 Å². The molecule has 2 aliphatic rings. The minimum atomic E-state index is -3.49. The molecule has 37 heavy (non-hydrogen) atoms. The third kappa shape index (κ3) is 4.65. The number of pyridine rings is 3. The molecular weight excluding hydrogens is 490 g/mol. The van der Waals surface area contributed by atoms with Crippen molar-refractivity contribution >= 4 is 38.2 Å². The van der Waals surface area contributed by atoms with Crippen LogP contribution in [-0.4, -0.2) is 48.2 Å². The SMILES string of the molecule is O=C(NCc1cc2nc(N3CCCc4ncccc43)ccc2cn1)c1ccc2c(c1)S(=O)(=O)CCOC2. The second-order valence-corrected chi connectivity index (χ2v) is 11.2. The number of carbonyl (C=O) groups is 1. The molecule has 5 heterocycles. The molecule has 0 fully saturated rings. The maximum absolute atomic E-state index is 12.8. The van der Waals surface area contributed by atoms with Crippen molar-refractivity contribution < 1.29 is 17.9 Å². The summed E-state index contributed by atoms with van der Waals surface area (Å²) < 4.78 is 30.5. The quantitative estimate of drug-likeness (QED) is 0.440. The Kier molecular flexibility index (Phi) is 6.05. The molecule has 0 spiro atoms. The molecule has 2 aliphatic heterocycles. The number of ether oxygens (including phenoxy) is 1. The Bertz CT molecular complexity index is 1620. The van der Waals surface area contributed by atoms with Crippen LogP contribution in [0.1, 0.15) is 33.7 Å². The summed E-state index contributed by atoms with van der Waals surface area (Å²) in [5, 5.41) is 3.75. The Labute approximate surface area is 214 Å². The zero-order valence-electron chi connectivity index (χ0n) is 20.1. The normalized spacial score (nSPS) is 16.5. The average molecular weight is 516 g/mol. The van der Waals surface area contributed by atoms with E-state index >= 15 is 0 Å². The number of anilines is 2.